The lowest BCUT2D eigenvalue weighted by atomic mass is 9.73. The molecule has 1 saturated heterocycles. The molecule has 1 aliphatic heterocycles. The lowest BCUT2D eigenvalue weighted by molar-refractivity contribution is -0.151. The van der Waals surface area contributed by atoms with Crippen LogP contribution < -0.4 is 5.32 Å². The Labute approximate surface area is 91.7 Å². The van der Waals surface area contributed by atoms with Crippen LogP contribution >= 0.6 is 12.4 Å². The minimum absolute atomic E-state index is 0. The van der Waals surface area contributed by atoms with Crippen molar-refractivity contribution in [2.45, 2.75) is 33.1 Å². The Balaban J connectivity index is 0.00000169. The predicted octanol–water partition coefficient (Wildman–Crippen LogP) is 1.91. The van der Waals surface area contributed by atoms with E-state index < -0.39 is 11.4 Å². The molecular weight excluding hydrogens is 202 g/mol. The maximum Gasteiger partial charge on any atom is 0.309 e. The number of piperidine rings is 1. The fourth-order valence-corrected chi connectivity index (χ4v) is 2.19. The van der Waals surface area contributed by atoms with Gasteiger partial charge < -0.3 is 10.4 Å². The maximum absolute atomic E-state index is 11.2. The van der Waals surface area contributed by atoms with Crippen molar-refractivity contribution in [1.29, 1.82) is 0 Å². The van der Waals surface area contributed by atoms with Gasteiger partial charge in [-0.25, -0.2) is 0 Å². The van der Waals surface area contributed by atoms with Gasteiger partial charge in [0.15, 0.2) is 0 Å². The van der Waals surface area contributed by atoms with Crippen molar-refractivity contribution in [3.05, 3.63) is 0 Å². The molecule has 0 radical (unpaired) electrons. The summed E-state index contributed by atoms with van der Waals surface area (Å²) in [6, 6.07) is 0. The maximum atomic E-state index is 11.2. The second-order valence-electron chi connectivity index (χ2n) is 4.43. The lowest BCUT2D eigenvalue weighted by Gasteiger charge is -2.34. The molecule has 1 aliphatic rings. The van der Waals surface area contributed by atoms with Crippen molar-refractivity contribution in [2.75, 3.05) is 13.1 Å². The molecule has 14 heavy (non-hydrogen) atoms. The second kappa shape index (κ2) is 5.56. The van der Waals surface area contributed by atoms with Crippen LogP contribution in [-0.4, -0.2) is 24.2 Å². The van der Waals surface area contributed by atoms with E-state index in [2.05, 4.69) is 19.2 Å². The van der Waals surface area contributed by atoms with E-state index >= 15 is 0 Å². The second-order valence-corrected chi connectivity index (χ2v) is 4.43. The van der Waals surface area contributed by atoms with Gasteiger partial charge in [-0.15, -0.1) is 12.4 Å². The minimum Gasteiger partial charge on any atom is -0.481 e. The Kier molecular flexibility index (Phi) is 5.45. The number of hydrogen-bond donors (Lipinski definition) is 2. The molecule has 0 saturated carbocycles. The van der Waals surface area contributed by atoms with E-state index in [0.717, 1.165) is 32.4 Å². The van der Waals surface area contributed by atoms with Crippen LogP contribution in [0.2, 0.25) is 0 Å². The molecule has 0 unspecified atom stereocenters. The van der Waals surface area contributed by atoms with Crippen molar-refractivity contribution in [2.24, 2.45) is 11.3 Å². The van der Waals surface area contributed by atoms with Gasteiger partial charge in [-0.2, -0.15) is 0 Å². The van der Waals surface area contributed by atoms with Crippen LogP contribution in [0.1, 0.15) is 33.1 Å². The smallest absolute Gasteiger partial charge is 0.309 e. The van der Waals surface area contributed by atoms with Gasteiger partial charge in [0.05, 0.1) is 5.41 Å². The summed E-state index contributed by atoms with van der Waals surface area (Å²) in [6.45, 7) is 5.87. The van der Waals surface area contributed by atoms with Crippen LogP contribution in [0, 0.1) is 11.3 Å². The molecule has 0 aliphatic carbocycles. The SMILES string of the molecule is CC(C)CC1(C(=O)O)CCNCC1.Cl. The normalized spacial score (nSPS) is 20.2. The van der Waals surface area contributed by atoms with Gasteiger partial charge in [-0.1, -0.05) is 13.8 Å². The molecule has 0 aromatic heterocycles. The van der Waals surface area contributed by atoms with Gasteiger partial charge in [0.2, 0.25) is 0 Å². The Morgan fingerprint density at radius 1 is 1.43 bits per heavy atom. The number of hydrogen-bond acceptors (Lipinski definition) is 2. The Bertz CT molecular complexity index is 189. The Hall–Kier alpha value is -0.280. The summed E-state index contributed by atoms with van der Waals surface area (Å²) >= 11 is 0. The zero-order valence-electron chi connectivity index (χ0n) is 8.88. The van der Waals surface area contributed by atoms with E-state index in [1.165, 1.54) is 0 Å². The molecule has 0 spiro atoms. The van der Waals surface area contributed by atoms with Gasteiger partial charge >= 0.3 is 5.97 Å². The fraction of sp³-hybridized carbons (Fsp3) is 0.900. The van der Waals surface area contributed by atoms with Gasteiger partial charge in [-0.05, 0) is 38.3 Å². The zero-order valence-corrected chi connectivity index (χ0v) is 9.69. The average Bonchev–Trinajstić information content (AvgIpc) is 2.04. The largest absolute Gasteiger partial charge is 0.481 e. The zero-order chi connectivity index (χ0) is 9.90. The van der Waals surface area contributed by atoms with Crippen molar-refractivity contribution in [1.82, 2.24) is 5.32 Å². The molecule has 2 N–H and O–H groups in total. The standard InChI is InChI=1S/C10H19NO2.ClH/c1-8(2)7-10(9(12)13)3-5-11-6-4-10;/h8,11H,3-7H2,1-2H3,(H,12,13);1H. The number of carbonyl (C=O) groups is 1. The van der Waals surface area contributed by atoms with Crippen LogP contribution in [0.3, 0.4) is 0 Å². The first-order chi connectivity index (χ1) is 6.07. The first-order valence-corrected chi connectivity index (χ1v) is 5.01. The summed E-state index contributed by atoms with van der Waals surface area (Å²) in [4.78, 5) is 11.2. The third-order valence-corrected chi connectivity index (χ3v) is 2.81. The highest BCUT2D eigenvalue weighted by molar-refractivity contribution is 5.85. The highest BCUT2D eigenvalue weighted by Gasteiger charge is 2.39. The molecule has 1 rings (SSSR count). The average molecular weight is 222 g/mol. The van der Waals surface area contributed by atoms with Crippen LogP contribution in [0.15, 0.2) is 0 Å². The Morgan fingerprint density at radius 3 is 2.29 bits per heavy atom. The van der Waals surface area contributed by atoms with Gasteiger partial charge in [0, 0.05) is 0 Å². The number of nitrogens with one attached hydrogen (secondary N) is 1. The van der Waals surface area contributed by atoms with Gasteiger partial charge in [0.25, 0.3) is 0 Å². The molecule has 0 bridgehead atoms. The van der Waals surface area contributed by atoms with Crippen molar-refractivity contribution in [3.8, 4) is 0 Å². The molecule has 1 heterocycles. The quantitative estimate of drug-likeness (QED) is 0.766. The molecule has 4 heteroatoms. The summed E-state index contributed by atoms with van der Waals surface area (Å²) < 4.78 is 0. The van der Waals surface area contributed by atoms with Gasteiger partial charge in [-0.3, -0.25) is 4.79 Å². The summed E-state index contributed by atoms with van der Waals surface area (Å²) in [6.07, 6.45) is 2.37. The van der Waals surface area contributed by atoms with Crippen LogP contribution in [0.4, 0.5) is 0 Å². The highest BCUT2D eigenvalue weighted by atomic mass is 35.5. The molecule has 0 aromatic carbocycles. The molecule has 84 valence electrons. The Morgan fingerprint density at radius 2 is 1.93 bits per heavy atom. The summed E-state index contributed by atoms with van der Waals surface area (Å²) in [5.41, 5.74) is -0.445. The topological polar surface area (TPSA) is 49.3 Å². The molecule has 0 amide bonds. The predicted molar refractivity (Wildman–Crippen MR) is 58.9 cm³/mol. The van der Waals surface area contributed by atoms with Crippen LogP contribution in [0.5, 0.6) is 0 Å². The summed E-state index contributed by atoms with van der Waals surface area (Å²) in [7, 11) is 0. The van der Waals surface area contributed by atoms with Crippen LogP contribution in [0.25, 0.3) is 0 Å². The third-order valence-electron chi connectivity index (χ3n) is 2.81. The van der Waals surface area contributed by atoms with E-state index in [1.54, 1.807) is 0 Å². The number of carboxylic acid groups (broad SMARTS) is 1. The van der Waals surface area contributed by atoms with E-state index in [4.69, 9.17) is 0 Å². The lowest BCUT2D eigenvalue weighted by Crippen LogP contribution is -2.42. The van der Waals surface area contributed by atoms with Gasteiger partial charge in [0.1, 0.15) is 0 Å². The third kappa shape index (κ3) is 3.14. The van der Waals surface area contributed by atoms with Crippen molar-refractivity contribution in [3.63, 3.8) is 0 Å². The minimum atomic E-state index is -0.609. The van der Waals surface area contributed by atoms with E-state index in [-0.39, 0.29) is 12.4 Å². The van der Waals surface area contributed by atoms with E-state index in [1.807, 2.05) is 0 Å². The molecule has 1 fully saturated rings. The number of halogens is 1. The fourth-order valence-electron chi connectivity index (χ4n) is 2.19. The molecule has 0 atom stereocenters. The molecule has 0 aromatic rings. The first kappa shape index (κ1) is 13.7. The van der Waals surface area contributed by atoms with E-state index in [0.29, 0.717) is 5.92 Å². The molecule has 3 nitrogen and oxygen atoms in total. The first-order valence-electron chi connectivity index (χ1n) is 5.01. The summed E-state index contributed by atoms with van der Waals surface area (Å²) in [5.74, 6) is -0.142. The monoisotopic (exact) mass is 221 g/mol. The van der Waals surface area contributed by atoms with Crippen LogP contribution in [-0.2, 0) is 4.79 Å². The van der Waals surface area contributed by atoms with Crippen molar-refractivity contribution < 1.29 is 9.90 Å². The van der Waals surface area contributed by atoms with Crippen molar-refractivity contribution >= 4 is 18.4 Å². The van der Waals surface area contributed by atoms with E-state index in [9.17, 15) is 9.90 Å². The number of rotatable bonds is 3. The highest BCUT2D eigenvalue weighted by Crippen LogP contribution is 2.35. The molecular formula is C10H20ClNO2. The number of aliphatic carboxylic acids is 1. The number of carboxylic acids is 1. The summed E-state index contributed by atoms with van der Waals surface area (Å²) in [5, 5.41) is 12.4.